The normalized spacial score (nSPS) is 14.9. The Morgan fingerprint density at radius 2 is 1.68 bits per heavy atom. The predicted octanol–water partition coefficient (Wildman–Crippen LogP) is 3.49. The molecule has 5 aromatic rings. The summed E-state index contributed by atoms with van der Waals surface area (Å²) in [6.45, 7) is 3.65. The lowest BCUT2D eigenvalue weighted by atomic mass is 9.98. The van der Waals surface area contributed by atoms with Crippen LogP contribution in [-0.2, 0) is 10.0 Å². The Labute approximate surface area is 218 Å². The second-order valence-corrected chi connectivity index (χ2v) is 11.1. The zero-order valence-corrected chi connectivity index (χ0v) is 21.6. The fraction of sp³-hybridized carbons (Fsp3) is 0.231. The summed E-state index contributed by atoms with van der Waals surface area (Å²) in [4.78, 5) is 17.1. The highest BCUT2D eigenvalue weighted by Crippen LogP contribution is 2.34. The van der Waals surface area contributed by atoms with Gasteiger partial charge in [-0.1, -0.05) is 6.07 Å². The van der Waals surface area contributed by atoms with E-state index in [1.54, 1.807) is 43.1 Å². The second kappa shape index (κ2) is 9.30. The number of sulfonamides is 1. The number of rotatable bonds is 5. The third kappa shape index (κ3) is 4.41. The lowest BCUT2D eigenvalue weighted by Gasteiger charge is -2.35. The lowest BCUT2D eigenvalue weighted by Crippen LogP contribution is -2.52. The van der Waals surface area contributed by atoms with E-state index in [9.17, 15) is 8.42 Å². The third-order valence-corrected chi connectivity index (χ3v) is 7.98. The summed E-state index contributed by atoms with van der Waals surface area (Å²) in [6, 6.07) is 10.6. The molecule has 1 fully saturated rings. The van der Waals surface area contributed by atoms with E-state index in [1.165, 1.54) is 16.6 Å². The first-order valence-corrected chi connectivity index (χ1v) is 13.8. The van der Waals surface area contributed by atoms with Gasteiger partial charge in [-0.3, -0.25) is 4.98 Å². The molecule has 0 saturated carbocycles. The van der Waals surface area contributed by atoms with Gasteiger partial charge in [0.2, 0.25) is 10.0 Å². The average molecular weight is 534 g/mol. The number of aryl methyl sites for hydroxylation is 1. The molecule has 4 heterocycles. The van der Waals surface area contributed by atoms with E-state index in [4.69, 9.17) is 4.74 Å². The van der Waals surface area contributed by atoms with Gasteiger partial charge in [-0.05, 0) is 42.3 Å². The summed E-state index contributed by atoms with van der Waals surface area (Å²) in [5, 5.41) is 2.79. The number of pyridine rings is 1. The van der Waals surface area contributed by atoms with Crippen LogP contribution in [0.1, 0.15) is 5.56 Å². The molecule has 38 heavy (non-hydrogen) atoms. The van der Waals surface area contributed by atoms with E-state index in [0.29, 0.717) is 48.5 Å². The molecular formula is C26H24FN7O3S. The van der Waals surface area contributed by atoms with Crippen molar-refractivity contribution in [1.82, 2.24) is 28.9 Å². The Morgan fingerprint density at radius 1 is 0.921 bits per heavy atom. The molecule has 12 heteroatoms. The summed E-state index contributed by atoms with van der Waals surface area (Å²) in [7, 11) is -3.25. The minimum atomic E-state index is -3.25. The smallest absolute Gasteiger partial charge is 0.321 e. The van der Waals surface area contributed by atoms with Gasteiger partial charge in [-0.15, -0.1) is 0 Å². The van der Waals surface area contributed by atoms with Crippen molar-refractivity contribution in [2.75, 3.05) is 37.4 Å². The molecule has 194 valence electrons. The second-order valence-electron chi connectivity index (χ2n) is 9.16. The van der Waals surface area contributed by atoms with Crippen LogP contribution in [0.4, 0.5) is 4.39 Å². The number of benzene rings is 2. The van der Waals surface area contributed by atoms with Gasteiger partial charge in [0.15, 0.2) is 0 Å². The summed E-state index contributed by atoms with van der Waals surface area (Å²) < 4.78 is 48.4. The predicted molar refractivity (Wildman–Crippen MR) is 142 cm³/mol. The fourth-order valence-electron chi connectivity index (χ4n) is 4.79. The van der Waals surface area contributed by atoms with E-state index in [1.807, 2.05) is 28.7 Å². The number of fused-ring (bicyclic) bond motifs is 3. The molecule has 2 aromatic carbocycles. The van der Waals surface area contributed by atoms with Crippen molar-refractivity contribution < 1.29 is 17.5 Å². The molecule has 0 bridgehead atoms. The number of ether oxygens (including phenoxy) is 1. The quantitative estimate of drug-likeness (QED) is 0.338. The zero-order valence-electron chi connectivity index (χ0n) is 20.7. The maximum Gasteiger partial charge on any atom is 0.321 e. The first kappa shape index (κ1) is 24.2. The molecular weight excluding hydrogens is 509 g/mol. The van der Waals surface area contributed by atoms with Gasteiger partial charge in [-0.25, -0.2) is 32.4 Å². The molecule has 1 aliphatic heterocycles. The van der Waals surface area contributed by atoms with Crippen LogP contribution in [0.15, 0.2) is 61.3 Å². The number of halogens is 1. The summed E-state index contributed by atoms with van der Waals surface area (Å²) in [6.07, 6.45) is 7.75. The van der Waals surface area contributed by atoms with Crippen LogP contribution >= 0.6 is 0 Å². The van der Waals surface area contributed by atoms with Gasteiger partial charge in [-0.2, -0.15) is 4.31 Å². The van der Waals surface area contributed by atoms with Crippen LogP contribution in [0.25, 0.3) is 33.1 Å². The number of imidazole rings is 1. The monoisotopic (exact) mass is 533 g/mol. The van der Waals surface area contributed by atoms with Crippen molar-refractivity contribution in [2.45, 2.75) is 6.92 Å². The topological polar surface area (TPSA) is 106 Å². The minimum absolute atomic E-state index is 0.232. The number of nitrogens with zero attached hydrogens (tertiary/aromatic N) is 7. The molecule has 0 unspecified atom stereocenters. The molecule has 3 aromatic heterocycles. The third-order valence-electron chi connectivity index (χ3n) is 6.67. The van der Waals surface area contributed by atoms with Crippen molar-refractivity contribution >= 4 is 32.0 Å². The molecule has 0 aliphatic carbocycles. The lowest BCUT2D eigenvalue weighted by molar-refractivity contribution is 0.357. The van der Waals surface area contributed by atoms with Crippen LogP contribution in [0.5, 0.6) is 11.8 Å². The van der Waals surface area contributed by atoms with Crippen LogP contribution in [0.3, 0.4) is 0 Å². The van der Waals surface area contributed by atoms with Crippen molar-refractivity contribution in [3.8, 4) is 22.9 Å². The highest BCUT2D eigenvalue weighted by molar-refractivity contribution is 7.88. The van der Waals surface area contributed by atoms with Gasteiger partial charge < -0.3 is 9.75 Å². The maximum absolute atomic E-state index is 15.4. The minimum Gasteiger partial charge on any atom is -0.424 e. The van der Waals surface area contributed by atoms with Crippen LogP contribution in [-0.4, -0.2) is 69.8 Å². The Kier molecular flexibility index (Phi) is 5.92. The first-order valence-electron chi connectivity index (χ1n) is 12.0. The molecule has 0 spiro atoms. The molecule has 6 rings (SSSR count). The summed E-state index contributed by atoms with van der Waals surface area (Å²) in [5.41, 5.74) is 3.94. The van der Waals surface area contributed by atoms with Crippen LogP contribution < -0.4 is 9.75 Å². The number of piperazine rings is 1. The van der Waals surface area contributed by atoms with Crippen molar-refractivity contribution in [3.63, 3.8) is 0 Å². The van der Waals surface area contributed by atoms with Gasteiger partial charge in [0.05, 0.1) is 18.0 Å². The Hall–Kier alpha value is -4.16. The van der Waals surface area contributed by atoms with E-state index in [0.717, 1.165) is 22.0 Å². The molecule has 10 nitrogen and oxygen atoms in total. The summed E-state index contributed by atoms with van der Waals surface area (Å²) >= 11 is 0. The average Bonchev–Trinajstić information content (AvgIpc) is 3.34. The largest absolute Gasteiger partial charge is 0.424 e. The van der Waals surface area contributed by atoms with Gasteiger partial charge in [0, 0.05) is 55.6 Å². The molecule has 1 aliphatic rings. The zero-order chi connectivity index (χ0) is 26.4. The number of hydrogen-bond donors (Lipinski definition) is 0. The van der Waals surface area contributed by atoms with Crippen LogP contribution in [0, 0.1) is 12.7 Å². The standard InChI is InChI=1S/C26H24FN7O3S/c1-17-12-18(37-26-28-6-3-7-29-26)4-5-19(17)20-13-21-23(14-22(20)27)30-15-24-25(21)34(16-31-24)32-8-10-33(11-9-32)38(2,35)36/h3-7,12-16H,8-11H2,1-2H3. The summed E-state index contributed by atoms with van der Waals surface area (Å²) in [5.74, 6) is 0.161. The van der Waals surface area contributed by atoms with Gasteiger partial charge >= 0.3 is 6.01 Å². The SMILES string of the molecule is Cc1cc(Oc2ncccn2)ccc1-c1cc2c(cc1F)ncc1ncn(N3CCN(S(C)(=O)=O)CC3)c12. The van der Waals surface area contributed by atoms with E-state index in [2.05, 4.69) is 19.9 Å². The molecule has 0 N–H and O–H groups in total. The Balaban J connectivity index is 1.39. The molecule has 1 saturated heterocycles. The Bertz CT molecular complexity index is 1770. The highest BCUT2D eigenvalue weighted by Gasteiger charge is 2.25. The Morgan fingerprint density at radius 3 is 2.39 bits per heavy atom. The molecule has 0 radical (unpaired) electrons. The fourth-order valence-corrected chi connectivity index (χ4v) is 5.62. The van der Waals surface area contributed by atoms with Crippen molar-refractivity contribution in [1.29, 1.82) is 0 Å². The molecule has 0 atom stereocenters. The first-order chi connectivity index (χ1) is 18.3. The maximum atomic E-state index is 15.4. The van der Waals surface area contributed by atoms with E-state index in [-0.39, 0.29) is 11.8 Å². The van der Waals surface area contributed by atoms with Crippen molar-refractivity contribution in [3.05, 3.63) is 72.7 Å². The van der Waals surface area contributed by atoms with E-state index >= 15 is 4.39 Å². The van der Waals surface area contributed by atoms with E-state index < -0.39 is 10.0 Å². The van der Waals surface area contributed by atoms with Gasteiger partial charge in [0.25, 0.3) is 0 Å². The highest BCUT2D eigenvalue weighted by atomic mass is 32.2. The van der Waals surface area contributed by atoms with Gasteiger partial charge in [0.1, 0.15) is 28.9 Å². The van der Waals surface area contributed by atoms with Crippen molar-refractivity contribution in [2.24, 2.45) is 0 Å². The molecule has 0 amide bonds. The number of hydrogen-bond acceptors (Lipinski definition) is 8. The van der Waals surface area contributed by atoms with Crippen LogP contribution in [0.2, 0.25) is 0 Å². The number of aromatic nitrogens is 5.